The Kier molecular flexibility index (Phi) is 8.43. The number of terminal acetylenes is 1. The highest BCUT2D eigenvalue weighted by Crippen LogP contribution is 2.33. The van der Waals surface area contributed by atoms with Gasteiger partial charge >= 0.3 is 12.1 Å². The zero-order valence-corrected chi connectivity index (χ0v) is 19.6. The molecule has 0 aliphatic rings. The Bertz CT molecular complexity index is 1220. The summed E-state index contributed by atoms with van der Waals surface area (Å²) in [5.41, 5.74) is 4.00. The number of fused-ring (bicyclic) bond motifs is 1. The smallest absolute Gasteiger partial charge is 0.408 e. The van der Waals surface area contributed by atoms with Crippen molar-refractivity contribution in [1.29, 1.82) is 0 Å². The second-order valence-corrected chi connectivity index (χ2v) is 7.94. The molecule has 0 spiro atoms. The first-order valence-corrected chi connectivity index (χ1v) is 11.0. The maximum atomic E-state index is 12.0. The van der Waals surface area contributed by atoms with Crippen LogP contribution in [0.4, 0.5) is 15.4 Å². The van der Waals surface area contributed by atoms with Crippen molar-refractivity contribution in [2.45, 2.75) is 20.1 Å². The van der Waals surface area contributed by atoms with Gasteiger partial charge in [0.1, 0.15) is 12.4 Å². The third kappa shape index (κ3) is 6.47. The Morgan fingerprint density at radius 2 is 1.94 bits per heavy atom. The number of aromatic nitrogens is 1. The average Bonchev–Trinajstić information content (AvgIpc) is 2.81. The van der Waals surface area contributed by atoms with Crippen molar-refractivity contribution >= 4 is 28.7 Å². The number of hydrogen-bond donors (Lipinski definition) is 3. The molecular weight excluding hydrogens is 430 g/mol. The summed E-state index contributed by atoms with van der Waals surface area (Å²) >= 11 is 0. The van der Waals surface area contributed by atoms with Gasteiger partial charge in [-0.25, -0.2) is 14.6 Å². The third-order valence-corrected chi connectivity index (χ3v) is 5.00. The van der Waals surface area contributed by atoms with Gasteiger partial charge in [-0.3, -0.25) is 5.32 Å². The Morgan fingerprint density at radius 3 is 2.68 bits per heavy atom. The summed E-state index contributed by atoms with van der Waals surface area (Å²) < 4.78 is 5.31. The molecule has 34 heavy (non-hydrogen) atoms. The lowest BCUT2D eigenvalue weighted by Crippen LogP contribution is -2.28. The number of hydrogen-bond acceptors (Lipinski definition) is 5. The fourth-order valence-corrected chi connectivity index (χ4v) is 3.58. The number of anilines is 1. The monoisotopic (exact) mass is 459 g/mol. The highest BCUT2D eigenvalue weighted by Gasteiger charge is 2.13. The van der Waals surface area contributed by atoms with Crippen LogP contribution in [0.15, 0.2) is 48.7 Å². The lowest BCUT2D eigenvalue weighted by molar-refractivity contribution is 0.141. The van der Waals surface area contributed by atoms with Gasteiger partial charge in [0, 0.05) is 24.7 Å². The molecule has 3 N–H and O–H groups in total. The highest BCUT2D eigenvalue weighted by molar-refractivity contribution is 6.01. The lowest BCUT2D eigenvalue weighted by atomic mass is 9.95. The third-order valence-electron chi connectivity index (χ3n) is 5.00. The molecule has 3 rings (SSSR count). The molecule has 8 nitrogen and oxygen atoms in total. The first-order chi connectivity index (χ1) is 16.4. The molecule has 0 unspecified atom stereocenters. The number of rotatable bonds is 8. The van der Waals surface area contributed by atoms with E-state index in [9.17, 15) is 9.59 Å². The number of alkyl carbamates (subject to hydrolysis) is 1. The number of nitrogens with zero attached hydrogens (tertiary/aromatic N) is 2. The normalized spacial score (nSPS) is 10.6. The average molecular weight is 460 g/mol. The largest absolute Gasteiger partial charge is 0.445 e. The van der Waals surface area contributed by atoms with Crippen molar-refractivity contribution in [2.24, 2.45) is 0 Å². The van der Waals surface area contributed by atoms with Gasteiger partial charge in [0.25, 0.3) is 0 Å². The summed E-state index contributed by atoms with van der Waals surface area (Å²) in [5, 5.41) is 9.65. The van der Waals surface area contributed by atoms with Crippen LogP contribution in [0, 0.1) is 12.3 Å². The van der Waals surface area contributed by atoms with Crippen LogP contribution in [0.3, 0.4) is 0 Å². The molecule has 3 aromatic rings. The van der Waals surface area contributed by atoms with E-state index in [0.717, 1.165) is 34.0 Å². The first-order valence-electron chi connectivity index (χ1n) is 11.0. The van der Waals surface area contributed by atoms with Crippen LogP contribution < -0.4 is 16.0 Å². The second kappa shape index (κ2) is 11.7. The summed E-state index contributed by atoms with van der Waals surface area (Å²) in [4.78, 5) is 30.4. The van der Waals surface area contributed by atoms with Crippen molar-refractivity contribution in [1.82, 2.24) is 20.5 Å². The van der Waals surface area contributed by atoms with E-state index in [2.05, 4.69) is 50.0 Å². The van der Waals surface area contributed by atoms with Gasteiger partial charge in [-0.15, -0.1) is 6.42 Å². The van der Waals surface area contributed by atoms with E-state index < -0.39 is 6.09 Å². The Balaban J connectivity index is 2.02. The van der Waals surface area contributed by atoms with Crippen molar-refractivity contribution in [3.63, 3.8) is 0 Å². The number of ether oxygens (including phenoxy) is 1. The molecule has 8 heteroatoms. The van der Waals surface area contributed by atoms with Crippen molar-refractivity contribution in [3.05, 3.63) is 59.8 Å². The SMILES string of the molecule is C#CCNC(=O)OCc1ccc(-c2cccc(CN(C)C)c2)c2cc(NC(=O)NCC)ncc12. The Morgan fingerprint density at radius 1 is 1.12 bits per heavy atom. The molecule has 2 aromatic carbocycles. The number of carbonyl (C=O) groups is 2. The first kappa shape index (κ1) is 24.6. The van der Waals surface area contributed by atoms with E-state index in [-0.39, 0.29) is 19.2 Å². The molecule has 0 saturated carbocycles. The Hall–Kier alpha value is -4.09. The molecule has 0 bridgehead atoms. The zero-order chi connectivity index (χ0) is 24.5. The molecule has 176 valence electrons. The van der Waals surface area contributed by atoms with Gasteiger partial charge in [-0.05, 0) is 60.8 Å². The summed E-state index contributed by atoms with van der Waals surface area (Å²) in [6.45, 7) is 3.32. The summed E-state index contributed by atoms with van der Waals surface area (Å²) in [6.07, 6.45) is 6.26. The van der Waals surface area contributed by atoms with Gasteiger partial charge in [0.2, 0.25) is 0 Å². The molecule has 0 saturated heterocycles. The van der Waals surface area contributed by atoms with Crippen LogP contribution in [0.25, 0.3) is 21.9 Å². The van der Waals surface area contributed by atoms with Gasteiger partial charge in [-0.2, -0.15) is 0 Å². The molecule has 0 aliphatic carbocycles. The molecule has 0 atom stereocenters. The van der Waals surface area contributed by atoms with Crippen molar-refractivity contribution in [3.8, 4) is 23.5 Å². The quantitative estimate of drug-likeness (QED) is 0.443. The summed E-state index contributed by atoms with van der Waals surface area (Å²) in [5.74, 6) is 2.76. The minimum Gasteiger partial charge on any atom is -0.445 e. The van der Waals surface area contributed by atoms with Crippen LogP contribution in [-0.2, 0) is 17.9 Å². The summed E-state index contributed by atoms with van der Waals surface area (Å²) in [7, 11) is 4.06. The number of pyridine rings is 1. The van der Waals surface area contributed by atoms with E-state index in [4.69, 9.17) is 11.2 Å². The van der Waals surface area contributed by atoms with Gasteiger partial charge < -0.3 is 20.3 Å². The summed E-state index contributed by atoms with van der Waals surface area (Å²) in [6, 6.07) is 13.7. The molecule has 0 fully saturated rings. The molecule has 0 radical (unpaired) electrons. The standard InChI is InChI=1S/C26H29N5O3/c1-5-12-28-26(33)34-17-20-10-11-21(19-9-7-8-18(13-19)16-31(3)4)22-14-24(29-15-23(20)22)30-25(32)27-6-2/h1,7-11,13-15H,6,12,16-17H2,2-4H3,(H,28,33)(H2,27,29,30,32). The van der Waals surface area contributed by atoms with Crippen LogP contribution in [-0.4, -0.2) is 49.2 Å². The number of nitrogens with one attached hydrogen (secondary N) is 3. The highest BCUT2D eigenvalue weighted by atomic mass is 16.5. The van der Waals surface area contributed by atoms with Crippen molar-refractivity contribution < 1.29 is 14.3 Å². The van der Waals surface area contributed by atoms with E-state index in [1.54, 1.807) is 6.20 Å². The lowest BCUT2D eigenvalue weighted by Gasteiger charge is -2.15. The molecule has 1 aromatic heterocycles. The van der Waals surface area contributed by atoms with Crippen LogP contribution in [0.5, 0.6) is 0 Å². The molecular formula is C26H29N5O3. The molecule has 3 amide bonds. The maximum absolute atomic E-state index is 12.0. The number of urea groups is 1. The fourth-order valence-electron chi connectivity index (χ4n) is 3.58. The fraction of sp³-hybridized carbons (Fsp3) is 0.269. The van der Waals surface area contributed by atoms with Crippen LogP contribution in [0.1, 0.15) is 18.1 Å². The second-order valence-electron chi connectivity index (χ2n) is 7.94. The van der Waals surface area contributed by atoms with Crippen LogP contribution >= 0.6 is 0 Å². The van der Waals surface area contributed by atoms with E-state index >= 15 is 0 Å². The Labute approximate surface area is 199 Å². The van der Waals surface area contributed by atoms with E-state index in [1.807, 2.05) is 45.3 Å². The van der Waals surface area contributed by atoms with E-state index in [0.29, 0.717) is 12.4 Å². The van der Waals surface area contributed by atoms with Gasteiger partial charge in [-0.1, -0.05) is 36.3 Å². The van der Waals surface area contributed by atoms with Crippen LogP contribution in [0.2, 0.25) is 0 Å². The number of benzene rings is 2. The zero-order valence-electron chi connectivity index (χ0n) is 19.6. The predicted octanol–water partition coefficient (Wildman–Crippen LogP) is 3.96. The number of amides is 3. The minimum atomic E-state index is -0.589. The van der Waals surface area contributed by atoms with Crippen molar-refractivity contribution in [2.75, 3.05) is 32.5 Å². The predicted molar refractivity (Wildman–Crippen MR) is 134 cm³/mol. The number of carbonyl (C=O) groups excluding carboxylic acids is 2. The van der Waals surface area contributed by atoms with Gasteiger partial charge in [0.15, 0.2) is 0 Å². The van der Waals surface area contributed by atoms with Gasteiger partial charge in [0.05, 0.1) is 6.54 Å². The molecule has 0 aliphatic heterocycles. The minimum absolute atomic E-state index is 0.0542. The molecule has 1 heterocycles. The van der Waals surface area contributed by atoms with E-state index in [1.165, 1.54) is 5.56 Å². The topological polar surface area (TPSA) is 95.6 Å². The maximum Gasteiger partial charge on any atom is 0.408 e.